The Morgan fingerprint density at radius 1 is 1.62 bits per heavy atom. The van der Waals surface area contributed by atoms with Crippen LogP contribution in [-0.4, -0.2) is 4.98 Å². The second-order valence-electron chi connectivity index (χ2n) is 3.91. The first-order chi connectivity index (χ1) is 6.18. The van der Waals surface area contributed by atoms with Crippen molar-refractivity contribution in [2.24, 2.45) is 0 Å². The minimum atomic E-state index is -0.148. The summed E-state index contributed by atoms with van der Waals surface area (Å²) in [6, 6.07) is 2.39. The van der Waals surface area contributed by atoms with Crippen molar-refractivity contribution in [2.75, 3.05) is 0 Å². The van der Waals surface area contributed by atoms with Crippen LogP contribution in [0.1, 0.15) is 42.5 Å². The fraction of sp³-hybridized carbons (Fsp3) is 0.600. The predicted molar refractivity (Wildman–Crippen MR) is 52.7 cm³/mol. The number of thiazole rings is 1. The number of hydrogen-bond donors (Lipinski definition) is 0. The fourth-order valence-corrected chi connectivity index (χ4v) is 2.43. The number of nitrogens with zero attached hydrogens (tertiary/aromatic N) is 2. The largest absolute Gasteiger partial charge is 0.249 e. The van der Waals surface area contributed by atoms with E-state index in [-0.39, 0.29) is 5.41 Å². The quantitative estimate of drug-likeness (QED) is 0.722. The third-order valence-electron chi connectivity index (χ3n) is 2.45. The molecule has 0 atom stereocenters. The summed E-state index contributed by atoms with van der Waals surface area (Å²) >= 11 is 1.70. The molecule has 1 heterocycles. The summed E-state index contributed by atoms with van der Waals surface area (Å²) in [5, 5.41) is 10.1. The SMILES string of the molecule is CC(C)c1ncc(C2(C#N)CC2)s1. The molecule has 0 amide bonds. The van der Waals surface area contributed by atoms with Gasteiger partial charge in [0.25, 0.3) is 0 Å². The molecular weight excluding hydrogens is 180 g/mol. The molecule has 1 fully saturated rings. The first-order valence-electron chi connectivity index (χ1n) is 4.55. The van der Waals surface area contributed by atoms with Gasteiger partial charge in [0.2, 0.25) is 0 Å². The van der Waals surface area contributed by atoms with Gasteiger partial charge in [-0.1, -0.05) is 13.8 Å². The van der Waals surface area contributed by atoms with E-state index in [4.69, 9.17) is 5.26 Å². The number of rotatable bonds is 2. The molecule has 0 radical (unpaired) electrons. The summed E-state index contributed by atoms with van der Waals surface area (Å²) in [5.41, 5.74) is -0.148. The monoisotopic (exact) mass is 192 g/mol. The van der Waals surface area contributed by atoms with E-state index >= 15 is 0 Å². The second-order valence-corrected chi connectivity index (χ2v) is 4.97. The van der Waals surface area contributed by atoms with Crippen molar-refractivity contribution >= 4 is 11.3 Å². The lowest BCUT2D eigenvalue weighted by molar-refractivity contribution is 0.851. The standard InChI is InChI=1S/C10H12N2S/c1-7(2)9-12-5-8(13-9)10(6-11)3-4-10/h5,7H,3-4H2,1-2H3. The van der Waals surface area contributed by atoms with Crippen LogP contribution in [0, 0.1) is 11.3 Å². The molecule has 1 aromatic heterocycles. The normalized spacial score (nSPS) is 18.6. The first kappa shape index (κ1) is 8.71. The van der Waals surface area contributed by atoms with Crippen LogP contribution in [-0.2, 0) is 5.41 Å². The van der Waals surface area contributed by atoms with Crippen LogP contribution in [0.2, 0.25) is 0 Å². The topological polar surface area (TPSA) is 36.7 Å². The second kappa shape index (κ2) is 2.81. The highest BCUT2D eigenvalue weighted by Crippen LogP contribution is 2.49. The van der Waals surface area contributed by atoms with Crippen LogP contribution in [0.15, 0.2) is 6.20 Å². The maximum absolute atomic E-state index is 8.99. The summed E-state index contributed by atoms with van der Waals surface area (Å²) in [6.45, 7) is 4.27. The minimum absolute atomic E-state index is 0.148. The third kappa shape index (κ3) is 1.36. The van der Waals surface area contributed by atoms with E-state index in [0.717, 1.165) is 17.8 Å². The zero-order valence-corrected chi connectivity index (χ0v) is 8.69. The maximum Gasteiger partial charge on any atom is 0.0953 e. The Balaban J connectivity index is 2.29. The van der Waals surface area contributed by atoms with Gasteiger partial charge in [0.05, 0.1) is 16.5 Å². The van der Waals surface area contributed by atoms with Gasteiger partial charge in [-0.3, -0.25) is 0 Å². The molecular formula is C10H12N2S. The molecule has 0 spiro atoms. The van der Waals surface area contributed by atoms with E-state index in [1.54, 1.807) is 11.3 Å². The summed E-state index contributed by atoms with van der Waals surface area (Å²) in [7, 11) is 0. The highest BCUT2D eigenvalue weighted by Gasteiger charge is 2.46. The molecule has 0 bridgehead atoms. The lowest BCUT2D eigenvalue weighted by Crippen LogP contribution is -1.97. The van der Waals surface area contributed by atoms with Crippen LogP contribution in [0.3, 0.4) is 0 Å². The third-order valence-corrected chi connectivity index (χ3v) is 3.96. The van der Waals surface area contributed by atoms with E-state index in [9.17, 15) is 0 Å². The molecule has 1 aliphatic rings. The fourth-order valence-electron chi connectivity index (χ4n) is 1.31. The van der Waals surface area contributed by atoms with Crippen LogP contribution >= 0.6 is 11.3 Å². The Labute approximate surface area is 82.2 Å². The molecule has 13 heavy (non-hydrogen) atoms. The summed E-state index contributed by atoms with van der Waals surface area (Å²) < 4.78 is 0. The summed E-state index contributed by atoms with van der Waals surface area (Å²) in [4.78, 5) is 5.50. The van der Waals surface area contributed by atoms with Crippen molar-refractivity contribution in [3.8, 4) is 6.07 Å². The number of aromatic nitrogens is 1. The van der Waals surface area contributed by atoms with Crippen molar-refractivity contribution in [1.29, 1.82) is 5.26 Å². The highest BCUT2D eigenvalue weighted by molar-refractivity contribution is 7.11. The lowest BCUT2D eigenvalue weighted by Gasteiger charge is -1.99. The van der Waals surface area contributed by atoms with Crippen molar-refractivity contribution in [3.63, 3.8) is 0 Å². The number of hydrogen-bond acceptors (Lipinski definition) is 3. The zero-order valence-electron chi connectivity index (χ0n) is 7.87. The van der Waals surface area contributed by atoms with Crippen LogP contribution < -0.4 is 0 Å². The zero-order chi connectivity index (χ0) is 9.47. The molecule has 0 aromatic carbocycles. The Morgan fingerprint density at radius 2 is 2.31 bits per heavy atom. The Hall–Kier alpha value is -0.880. The van der Waals surface area contributed by atoms with Crippen molar-refractivity contribution < 1.29 is 0 Å². The van der Waals surface area contributed by atoms with Gasteiger partial charge < -0.3 is 0 Å². The summed E-state index contributed by atoms with van der Waals surface area (Å²) in [5.74, 6) is 0.480. The van der Waals surface area contributed by atoms with E-state index in [1.165, 1.54) is 4.88 Å². The molecule has 0 unspecified atom stereocenters. The van der Waals surface area contributed by atoms with Gasteiger partial charge in [0.1, 0.15) is 0 Å². The average molecular weight is 192 g/mol. The van der Waals surface area contributed by atoms with Gasteiger partial charge in [-0.25, -0.2) is 4.98 Å². The van der Waals surface area contributed by atoms with Gasteiger partial charge in [-0.05, 0) is 12.8 Å². The van der Waals surface area contributed by atoms with Gasteiger partial charge in [0.15, 0.2) is 0 Å². The predicted octanol–water partition coefficient (Wildman–Crippen LogP) is 2.82. The van der Waals surface area contributed by atoms with Crippen molar-refractivity contribution in [3.05, 3.63) is 16.1 Å². The Morgan fingerprint density at radius 3 is 2.69 bits per heavy atom. The van der Waals surface area contributed by atoms with Gasteiger partial charge in [0, 0.05) is 17.0 Å². The Kier molecular flexibility index (Phi) is 1.88. The van der Waals surface area contributed by atoms with E-state index in [1.807, 2.05) is 6.20 Å². The molecule has 0 saturated heterocycles. The minimum Gasteiger partial charge on any atom is -0.249 e. The molecule has 1 aliphatic carbocycles. The van der Waals surface area contributed by atoms with Crippen molar-refractivity contribution in [1.82, 2.24) is 4.98 Å². The smallest absolute Gasteiger partial charge is 0.0953 e. The van der Waals surface area contributed by atoms with Gasteiger partial charge in [-0.15, -0.1) is 11.3 Å². The molecule has 2 rings (SSSR count). The van der Waals surface area contributed by atoms with E-state index in [0.29, 0.717) is 5.92 Å². The molecule has 1 saturated carbocycles. The van der Waals surface area contributed by atoms with Crippen LogP contribution in [0.4, 0.5) is 0 Å². The number of nitriles is 1. The Bertz CT molecular complexity index is 355. The summed E-state index contributed by atoms with van der Waals surface area (Å²) in [6.07, 6.45) is 3.92. The molecule has 68 valence electrons. The van der Waals surface area contributed by atoms with Crippen LogP contribution in [0.25, 0.3) is 0 Å². The molecule has 0 N–H and O–H groups in total. The molecule has 2 nitrogen and oxygen atoms in total. The maximum atomic E-state index is 8.99. The van der Waals surface area contributed by atoms with E-state index in [2.05, 4.69) is 24.9 Å². The van der Waals surface area contributed by atoms with Crippen LogP contribution in [0.5, 0.6) is 0 Å². The van der Waals surface area contributed by atoms with Gasteiger partial charge in [-0.2, -0.15) is 5.26 Å². The molecule has 3 heteroatoms. The average Bonchev–Trinajstić information content (AvgIpc) is 2.75. The first-order valence-corrected chi connectivity index (χ1v) is 5.37. The van der Waals surface area contributed by atoms with Crippen molar-refractivity contribution in [2.45, 2.75) is 38.0 Å². The lowest BCUT2D eigenvalue weighted by atomic mass is 10.1. The van der Waals surface area contributed by atoms with E-state index < -0.39 is 0 Å². The van der Waals surface area contributed by atoms with Gasteiger partial charge >= 0.3 is 0 Å². The molecule has 1 aromatic rings. The molecule has 0 aliphatic heterocycles. The highest BCUT2D eigenvalue weighted by atomic mass is 32.1.